The van der Waals surface area contributed by atoms with Crippen molar-refractivity contribution >= 4 is 17.5 Å². The molecule has 2 rings (SSSR count). The number of benzene rings is 1. The molecule has 0 spiro atoms. The van der Waals surface area contributed by atoms with E-state index in [1.165, 1.54) is 20.4 Å². The van der Waals surface area contributed by atoms with E-state index in [0.717, 1.165) is 11.8 Å². The fourth-order valence-corrected chi connectivity index (χ4v) is 2.67. The summed E-state index contributed by atoms with van der Waals surface area (Å²) in [7, 11) is 1.51. The van der Waals surface area contributed by atoms with Crippen LogP contribution in [0, 0.1) is 5.82 Å². The SMILES string of the molecule is CCc1ncnc(Sc2ccc(C(C)=O)cc2OC)c1F. The van der Waals surface area contributed by atoms with Crippen LogP contribution in [-0.2, 0) is 6.42 Å². The van der Waals surface area contributed by atoms with Crippen LogP contribution in [-0.4, -0.2) is 22.9 Å². The molecule has 0 N–H and O–H groups in total. The molecule has 0 aliphatic rings. The van der Waals surface area contributed by atoms with Crippen molar-refractivity contribution in [1.29, 1.82) is 0 Å². The van der Waals surface area contributed by atoms with Gasteiger partial charge in [0, 0.05) is 5.56 Å². The van der Waals surface area contributed by atoms with Gasteiger partial charge in [0.05, 0.1) is 17.7 Å². The zero-order valence-electron chi connectivity index (χ0n) is 12.0. The van der Waals surface area contributed by atoms with Gasteiger partial charge >= 0.3 is 0 Å². The molecule has 0 amide bonds. The van der Waals surface area contributed by atoms with Gasteiger partial charge < -0.3 is 4.74 Å². The van der Waals surface area contributed by atoms with Gasteiger partial charge in [-0.25, -0.2) is 14.4 Å². The largest absolute Gasteiger partial charge is 0.496 e. The zero-order valence-corrected chi connectivity index (χ0v) is 12.8. The van der Waals surface area contributed by atoms with Gasteiger partial charge in [-0.1, -0.05) is 24.8 Å². The van der Waals surface area contributed by atoms with Crippen LogP contribution >= 0.6 is 11.8 Å². The second-order valence-electron chi connectivity index (χ2n) is 4.32. The average molecular weight is 306 g/mol. The lowest BCUT2D eigenvalue weighted by molar-refractivity contribution is 0.101. The van der Waals surface area contributed by atoms with Gasteiger partial charge in [0.15, 0.2) is 11.6 Å². The van der Waals surface area contributed by atoms with E-state index in [9.17, 15) is 9.18 Å². The molecule has 0 unspecified atom stereocenters. The third kappa shape index (κ3) is 3.39. The lowest BCUT2D eigenvalue weighted by atomic mass is 10.1. The maximum absolute atomic E-state index is 14.2. The molecule has 21 heavy (non-hydrogen) atoms. The molecule has 0 aliphatic heterocycles. The molecule has 0 fully saturated rings. The molecule has 110 valence electrons. The molecule has 0 saturated heterocycles. The van der Waals surface area contributed by atoms with Crippen molar-refractivity contribution in [3.8, 4) is 5.75 Å². The zero-order chi connectivity index (χ0) is 15.4. The second-order valence-corrected chi connectivity index (χ2v) is 5.35. The first kappa shape index (κ1) is 15.4. The first-order chi connectivity index (χ1) is 10.1. The van der Waals surface area contributed by atoms with Crippen LogP contribution in [0.15, 0.2) is 34.4 Å². The predicted molar refractivity (Wildman–Crippen MR) is 78.5 cm³/mol. The summed E-state index contributed by atoms with van der Waals surface area (Å²) in [4.78, 5) is 19.9. The second kappa shape index (κ2) is 6.67. The number of hydrogen-bond donors (Lipinski definition) is 0. The molecule has 1 heterocycles. The van der Waals surface area contributed by atoms with Crippen molar-refractivity contribution < 1.29 is 13.9 Å². The minimum atomic E-state index is -0.414. The Morgan fingerprint density at radius 1 is 1.38 bits per heavy atom. The number of Topliss-reactive ketones (excluding diaryl/α,β-unsaturated/α-hetero) is 1. The molecule has 6 heteroatoms. The molecule has 2 aromatic rings. The molecular formula is C15H15FN2O2S. The van der Waals surface area contributed by atoms with Crippen LogP contribution in [0.3, 0.4) is 0 Å². The van der Waals surface area contributed by atoms with Gasteiger partial charge in [-0.05, 0) is 25.5 Å². The van der Waals surface area contributed by atoms with Crippen molar-refractivity contribution in [1.82, 2.24) is 9.97 Å². The average Bonchev–Trinajstić information content (AvgIpc) is 2.49. The number of methoxy groups -OCH3 is 1. The standard InChI is InChI=1S/C15H15FN2O2S/c1-4-11-14(16)15(18-8-17-11)21-13-6-5-10(9(2)19)7-12(13)20-3/h5-8H,4H2,1-3H3. The summed E-state index contributed by atoms with van der Waals surface area (Å²) < 4.78 is 19.4. The Kier molecular flexibility index (Phi) is 4.90. The predicted octanol–water partition coefficient (Wildman–Crippen LogP) is 3.54. The Labute approximate surface area is 126 Å². The molecule has 1 aromatic heterocycles. The Balaban J connectivity index is 2.38. The number of nitrogens with zero attached hydrogens (tertiary/aromatic N) is 2. The summed E-state index contributed by atoms with van der Waals surface area (Å²) in [6, 6.07) is 5.06. The summed E-state index contributed by atoms with van der Waals surface area (Å²) in [5.74, 6) is 0.0535. The van der Waals surface area contributed by atoms with Gasteiger partial charge in [0.25, 0.3) is 0 Å². The number of ketones is 1. The molecule has 0 radical (unpaired) electrons. The van der Waals surface area contributed by atoms with E-state index in [1.54, 1.807) is 18.2 Å². The number of hydrogen-bond acceptors (Lipinski definition) is 5. The normalized spacial score (nSPS) is 10.5. The van der Waals surface area contributed by atoms with Crippen molar-refractivity contribution in [2.75, 3.05) is 7.11 Å². The summed E-state index contributed by atoms with van der Waals surface area (Å²) in [6.07, 6.45) is 1.85. The molecule has 0 bridgehead atoms. The maximum atomic E-state index is 14.2. The van der Waals surface area contributed by atoms with Crippen LogP contribution in [0.2, 0.25) is 0 Å². The molecule has 0 saturated carbocycles. The lowest BCUT2D eigenvalue weighted by Crippen LogP contribution is -1.99. The highest BCUT2D eigenvalue weighted by Gasteiger charge is 2.14. The smallest absolute Gasteiger partial charge is 0.177 e. The minimum absolute atomic E-state index is 0.0497. The van der Waals surface area contributed by atoms with Gasteiger partial charge in [0.2, 0.25) is 0 Å². The van der Waals surface area contributed by atoms with Crippen molar-refractivity contribution in [2.24, 2.45) is 0 Å². The number of carbonyl (C=O) groups excluding carboxylic acids is 1. The first-order valence-corrected chi connectivity index (χ1v) is 7.24. The minimum Gasteiger partial charge on any atom is -0.496 e. The molecule has 4 nitrogen and oxygen atoms in total. The van der Waals surface area contributed by atoms with E-state index >= 15 is 0 Å². The molecular weight excluding hydrogens is 291 g/mol. The van der Waals surface area contributed by atoms with E-state index in [4.69, 9.17) is 4.74 Å². The van der Waals surface area contributed by atoms with Gasteiger partial charge in [-0.2, -0.15) is 0 Å². The Morgan fingerprint density at radius 2 is 2.14 bits per heavy atom. The van der Waals surface area contributed by atoms with Gasteiger partial charge in [0.1, 0.15) is 17.1 Å². The van der Waals surface area contributed by atoms with Crippen molar-refractivity contribution in [2.45, 2.75) is 30.2 Å². The van der Waals surface area contributed by atoms with E-state index in [2.05, 4.69) is 9.97 Å². The number of rotatable bonds is 5. The number of halogens is 1. The summed E-state index contributed by atoms with van der Waals surface area (Å²) >= 11 is 1.15. The van der Waals surface area contributed by atoms with E-state index in [0.29, 0.717) is 28.3 Å². The number of aromatic nitrogens is 2. The van der Waals surface area contributed by atoms with Crippen molar-refractivity contribution in [3.05, 3.63) is 41.6 Å². The molecule has 0 atom stereocenters. The topological polar surface area (TPSA) is 52.1 Å². The van der Waals surface area contributed by atoms with E-state index in [-0.39, 0.29) is 10.8 Å². The summed E-state index contributed by atoms with van der Waals surface area (Å²) in [5, 5.41) is 0.246. The fourth-order valence-electron chi connectivity index (χ4n) is 1.78. The molecule has 0 aliphatic carbocycles. The first-order valence-electron chi connectivity index (χ1n) is 6.43. The Bertz CT molecular complexity index is 677. The van der Waals surface area contributed by atoms with Crippen LogP contribution in [0.25, 0.3) is 0 Å². The maximum Gasteiger partial charge on any atom is 0.177 e. The highest BCUT2D eigenvalue weighted by atomic mass is 32.2. The van der Waals surface area contributed by atoms with E-state index < -0.39 is 5.82 Å². The lowest BCUT2D eigenvalue weighted by Gasteiger charge is -2.10. The van der Waals surface area contributed by atoms with Crippen molar-refractivity contribution in [3.63, 3.8) is 0 Å². The van der Waals surface area contributed by atoms with Crippen LogP contribution in [0.4, 0.5) is 4.39 Å². The Morgan fingerprint density at radius 3 is 2.76 bits per heavy atom. The van der Waals surface area contributed by atoms with Gasteiger partial charge in [-0.3, -0.25) is 4.79 Å². The third-order valence-electron chi connectivity index (χ3n) is 2.94. The third-order valence-corrected chi connectivity index (χ3v) is 3.98. The summed E-state index contributed by atoms with van der Waals surface area (Å²) in [6.45, 7) is 3.32. The van der Waals surface area contributed by atoms with Gasteiger partial charge in [-0.15, -0.1) is 0 Å². The van der Waals surface area contributed by atoms with E-state index in [1.807, 2.05) is 6.92 Å². The van der Waals surface area contributed by atoms with Crippen LogP contribution < -0.4 is 4.74 Å². The Hall–Kier alpha value is -1.95. The van der Waals surface area contributed by atoms with Crippen LogP contribution in [0.1, 0.15) is 29.9 Å². The monoisotopic (exact) mass is 306 g/mol. The molecule has 1 aromatic carbocycles. The highest BCUT2D eigenvalue weighted by molar-refractivity contribution is 7.99. The number of aryl methyl sites for hydroxylation is 1. The fraction of sp³-hybridized carbons (Fsp3) is 0.267. The number of ether oxygens (including phenoxy) is 1. The highest BCUT2D eigenvalue weighted by Crippen LogP contribution is 2.36. The summed E-state index contributed by atoms with van der Waals surface area (Å²) in [5.41, 5.74) is 0.931. The van der Waals surface area contributed by atoms with Crippen LogP contribution in [0.5, 0.6) is 5.75 Å². The number of carbonyl (C=O) groups is 1. The quantitative estimate of drug-likeness (QED) is 0.624.